The molecule has 0 radical (unpaired) electrons. The maximum Gasteiger partial charge on any atom is 0.0558 e. The smallest absolute Gasteiger partial charge is 0.0558 e. The third-order valence-electron chi connectivity index (χ3n) is 3.49. The van der Waals surface area contributed by atoms with Crippen LogP contribution >= 0.6 is 0 Å². The van der Waals surface area contributed by atoms with E-state index in [-0.39, 0.29) is 0 Å². The van der Waals surface area contributed by atoms with Crippen LogP contribution in [0.5, 0.6) is 0 Å². The number of likely N-dealkylation sites (tertiary alicyclic amines) is 1. The molecule has 1 saturated heterocycles. The van der Waals surface area contributed by atoms with Crippen molar-refractivity contribution in [2.24, 2.45) is 5.92 Å². The SMILES string of the molecule is CC.CC.CC1CCN(CCO)C2(CC2)C1. The van der Waals surface area contributed by atoms with Crippen molar-refractivity contribution in [1.82, 2.24) is 4.90 Å². The minimum absolute atomic E-state index is 0.329. The summed E-state index contributed by atoms with van der Waals surface area (Å²) in [6.45, 7) is 12.8. The minimum Gasteiger partial charge on any atom is -0.395 e. The normalized spacial score (nSPS) is 26.2. The first-order valence-electron chi connectivity index (χ1n) is 7.13. The van der Waals surface area contributed by atoms with E-state index < -0.39 is 0 Å². The second-order valence-electron chi connectivity index (χ2n) is 4.53. The molecule has 1 spiro atoms. The van der Waals surface area contributed by atoms with E-state index >= 15 is 0 Å². The lowest BCUT2D eigenvalue weighted by atomic mass is 9.90. The molecule has 98 valence electrons. The average Bonchev–Trinajstić information content (AvgIpc) is 3.09. The van der Waals surface area contributed by atoms with E-state index in [2.05, 4.69) is 11.8 Å². The topological polar surface area (TPSA) is 23.5 Å². The molecule has 0 aromatic rings. The van der Waals surface area contributed by atoms with Crippen molar-refractivity contribution in [3.05, 3.63) is 0 Å². The van der Waals surface area contributed by atoms with Crippen molar-refractivity contribution < 1.29 is 5.11 Å². The summed E-state index contributed by atoms with van der Waals surface area (Å²) in [5, 5.41) is 8.90. The summed E-state index contributed by atoms with van der Waals surface area (Å²) < 4.78 is 0. The summed E-state index contributed by atoms with van der Waals surface area (Å²) in [6.07, 6.45) is 5.43. The third-order valence-corrected chi connectivity index (χ3v) is 3.49. The summed E-state index contributed by atoms with van der Waals surface area (Å²) in [6, 6.07) is 0. The maximum absolute atomic E-state index is 8.90. The molecule has 0 amide bonds. The quantitative estimate of drug-likeness (QED) is 0.785. The number of β-amino-alcohol motifs (C(OH)–C–C–N with tert-alkyl or cyclic N) is 1. The lowest BCUT2D eigenvalue weighted by Gasteiger charge is -2.38. The average molecular weight is 229 g/mol. The van der Waals surface area contributed by atoms with Gasteiger partial charge < -0.3 is 5.11 Å². The second-order valence-corrected chi connectivity index (χ2v) is 4.53. The molecule has 0 aromatic heterocycles. The van der Waals surface area contributed by atoms with Crippen molar-refractivity contribution in [2.75, 3.05) is 19.7 Å². The molecule has 2 heteroatoms. The molecule has 0 bridgehead atoms. The predicted molar refractivity (Wildman–Crippen MR) is 71.7 cm³/mol. The van der Waals surface area contributed by atoms with Crippen LogP contribution < -0.4 is 0 Å². The van der Waals surface area contributed by atoms with Crippen molar-refractivity contribution >= 4 is 0 Å². The molecule has 1 atom stereocenters. The first-order valence-corrected chi connectivity index (χ1v) is 7.13. The molecule has 1 unspecified atom stereocenters. The van der Waals surface area contributed by atoms with Gasteiger partial charge in [0.25, 0.3) is 0 Å². The zero-order valence-corrected chi connectivity index (χ0v) is 11.9. The molecule has 1 aliphatic carbocycles. The Morgan fingerprint density at radius 3 is 2.19 bits per heavy atom. The zero-order chi connectivity index (χ0) is 12.6. The summed E-state index contributed by atoms with van der Waals surface area (Å²) in [5.41, 5.74) is 0.542. The first-order chi connectivity index (χ1) is 7.77. The van der Waals surface area contributed by atoms with E-state index in [1.54, 1.807) is 0 Å². The van der Waals surface area contributed by atoms with Gasteiger partial charge in [-0.3, -0.25) is 4.90 Å². The molecular weight excluding hydrogens is 198 g/mol. The van der Waals surface area contributed by atoms with Gasteiger partial charge >= 0.3 is 0 Å². The van der Waals surface area contributed by atoms with Crippen LogP contribution in [-0.4, -0.2) is 35.2 Å². The summed E-state index contributed by atoms with van der Waals surface area (Å²) in [5.74, 6) is 0.905. The van der Waals surface area contributed by atoms with E-state index in [9.17, 15) is 0 Å². The first kappa shape index (κ1) is 15.9. The highest BCUT2D eigenvalue weighted by Crippen LogP contribution is 2.49. The predicted octanol–water partition coefficient (Wildman–Crippen LogP) is 3.30. The highest BCUT2D eigenvalue weighted by molar-refractivity contribution is 5.06. The standard InChI is InChI=1S/C10H19NO.2C2H6/c1-9-2-5-11(6-7-12)10(8-9)3-4-10;2*1-2/h9,12H,2-8H2,1H3;2*1-2H3. The molecule has 2 fully saturated rings. The minimum atomic E-state index is 0.329. The highest BCUT2D eigenvalue weighted by atomic mass is 16.3. The third kappa shape index (κ3) is 4.06. The number of hydrogen-bond donors (Lipinski definition) is 1. The van der Waals surface area contributed by atoms with E-state index in [1.807, 2.05) is 27.7 Å². The number of aliphatic hydroxyl groups excluding tert-OH is 1. The fourth-order valence-electron chi connectivity index (χ4n) is 2.63. The van der Waals surface area contributed by atoms with Crippen molar-refractivity contribution in [1.29, 1.82) is 0 Å². The van der Waals surface area contributed by atoms with Crippen molar-refractivity contribution in [3.8, 4) is 0 Å². The number of nitrogens with zero attached hydrogens (tertiary/aromatic N) is 1. The van der Waals surface area contributed by atoms with Gasteiger partial charge in [-0.1, -0.05) is 34.6 Å². The Balaban J connectivity index is 0.000000509. The Morgan fingerprint density at radius 1 is 1.19 bits per heavy atom. The van der Waals surface area contributed by atoms with E-state index in [0.29, 0.717) is 12.1 Å². The van der Waals surface area contributed by atoms with Crippen LogP contribution in [0.3, 0.4) is 0 Å². The highest BCUT2D eigenvalue weighted by Gasteiger charge is 2.49. The van der Waals surface area contributed by atoms with Crippen LogP contribution in [0.2, 0.25) is 0 Å². The van der Waals surface area contributed by atoms with Crippen LogP contribution in [0.15, 0.2) is 0 Å². The molecule has 2 rings (SSSR count). The van der Waals surface area contributed by atoms with Gasteiger partial charge in [0.15, 0.2) is 0 Å². The molecular formula is C14H31NO. The summed E-state index contributed by atoms with van der Waals surface area (Å²) >= 11 is 0. The Kier molecular flexibility index (Phi) is 8.04. The van der Waals surface area contributed by atoms with Gasteiger partial charge in [-0.15, -0.1) is 0 Å². The maximum atomic E-state index is 8.90. The van der Waals surface area contributed by atoms with E-state index in [1.165, 1.54) is 32.2 Å². The van der Waals surface area contributed by atoms with Crippen molar-refractivity contribution in [2.45, 2.75) is 65.8 Å². The van der Waals surface area contributed by atoms with E-state index in [0.717, 1.165) is 12.5 Å². The van der Waals surface area contributed by atoms with Crippen LogP contribution in [0, 0.1) is 5.92 Å². The second kappa shape index (κ2) is 8.08. The van der Waals surface area contributed by atoms with Gasteiger partial charge in [-0.05, 0) is 38.1 Å². The lowest BCUT2D eigenvalue weighted by Crippen LogP contribution is -2.45. The Bertz CT molecular complexity index is 166. The van der Waals surface area contributed by atoms with E-state index in [4.69, 9.17) is 5.11 Å². The van der Waals surface area contributed by atoms with Crippen LogP contribution in [0.4, 0.5) is 0 Å². The van der Waals surface area contributed by atoms with Crippen LogP contribution in [-0.2, 0) is 0 Å². The van der Waals surface area contributed by atoms with Crippen LogP contribution in [0.25, 0.3) is 0 Å². The number of rotatable bonds is 2. The van der Waals surface area contributed by atoms with Gasteiger partial charge in [0.05, 0.1) is 6.61 Å². The van der Waals surface area contributed by atoms with Crippen LogP contribution in [0.1, 0.15) is 60.3 Å². The molecule has 1 aliphatic heterocycles. The molecule has 1 heterocycles. The van der Waals surface area contributed by atoms with Gasteiger partial charge in [0, 0.05) is 12.1 Å². The summed E-state index contributed by atoms with van der Waals surface area (Å²) in [7, 11) is 0. The van der Waals surface area contributed by atoms with Gasteiger partial charge in [0.1, 0.15) is 0 Å². The van der Waals surface area contributed by atoms with Crippen molar-refractivity contribution in [3.63, 3.8) is 0 Å². The fraction of sp³-hybridized carbons (Fsp3) is 1.00. The largest absolute Gasteiger partial charge is 0.395 e. The number of hydrogen-bond acceptors (Lipinski definition) is 2. The summed E-state index contributed by atoms with van der Waals surface area (Å²) in [4.78, 5) is 2.51. The fourth-order valence-corrected chi connectivity index (χ4v) is 2.63. The Labute approximate surface area is 102 Å². The lowest BCUT2D eigenvalue weighted by molar-refractivity contribution is 0.0786. The Morgan fingerprint density at radius 2 is 1.75 bits per heavy atom. The molecule has 2 aliphatic rings. The number of piperidine rings is 1. The molecule has 1 N–H and O–H groups in total. The molecule has 2 nitrogen and oxygen atoms in total. The molecule has 1 saturated carbocycles. The number of aliphatic hydroxyl groups is 1. The van der Waals surface area contributed by atoms with Gasteiger partial charge in [-0.25, -0.2) is 0 Å². The zero-order valence-electron chi connectivity index (χ0n) is 11.9. The van der Waals surface area contributed by atoms with Gasteiger partial charge in [-0.2, -0.15) is 0 Å². The Hall–Kier alpha value is -0.0800. The molecule has 0 aromatic carbocycles. The molecule has 16 heavy (non-hydrogen) atoms. The van der Waals surface area contributed by atoms with Gasteiger partial charge in [0.2, 0.25) is 0 Å². The monoisotopic (exact) mass is 229 g/mol.